The van der Waals surface area contributed by atoms with Crippen LogP contribution < -0.4 is 5.32 Å². The second-order valence-electron chi connectivity index (χ2n) is 4.08. The van der Waals surface area contributed by atoms with Crippen LogP contribution in [-0.2, 0) is 0 Å². The molecule has 0 saturated carbocycles. The number of rotatable bonds is 3. The summed E-state index contributed by atoms with van der Waals surface area (Å²) < 4.78 is 26.2. The van der Waals surface area contributed by atoms with Crippen molar-refractivity contribution in [1.29, 1.82) is 0 Å². The van der Waals surface area contributed by atoms with Crippen molar-refractivity contribution in [1.82, 2.24) is 10.3 Å². The Balaban J connectivity index is 2.45. The summed E-state index contributed by atoms with van der Waals surface area (Å²) in [7, 11) is 1.79. The van der Waals surface area contributed by atoms with E-state index >= 15 is 0 Å². The Kier molecular flexibility index (Phi) is 3.73. The molecule has 0 radical (unpaired) electrons. The second-order valence-corrected chi connectivity index (χ2v) is 5.31. The van der Waals surface area contributed by atoms with E-state index < -0.39 is 11.6 Å². The van der Waals surface area contributed by atoms with Crippen LogP contribution in [-0.4, -0.2) is 12.0 Å². The molecule has 0 aliphatic rings. The van der Waals surface area contributed by atoms with Gasteiger partial charge in [-0.3, -0.25) is 0 Å². The van der Waals surface area contributed by atoms with E-state index in [0.29, 0.717) is 5.56 Å². The molecule has 1 heterocycles. The molecule has 0 aliphatic carbocycles. The van der Waals surface area contributed by atoms with Crippen molar-refractivity contribution in [2.75, 3.05) is 7.05 Å². The van der Waals surface area contributed by atoms with Crippen LogP contribution in [0.25, 0.3) is 0 Å². The highest BCUT2D eigenvalue weighted by molar-refractivity contribution is 7.11. The van der Waals surface area contributed by atoms with E-state index in [0.717, 1.165) is 21.6 Å². The lowest BCUT2D eigenvalue weighted by molar-refractivity contribution is 0.505. The van der Waals surface area contributed by atoms with E-state index in [1.807, 2.05) is 13.8 Å². The number of aryl methyl sites for hydroxylation is 2. The molecule has 96 valence electrons. The van der Waals surface area contributed by atoms with E-state index in [1.54, 1.807) is 24.5 Å². The number of nitrogens with zero attached hydrogens (tertiary/aromatic N) is 1. The predicted molar refractivity (Wildman–Crippen MR) is 68.8 cm³/mol. The lowest BCUT2D eigenvalue weighted by Gasteiger charge is -2.15. The van der Waals surface area contributed by atoms with Crippen molar-refractivity contribution in [2.45, 2.75) is 19.9 Å². The number of nitrogens with one attached hydrogen (secondary N) is 1. The number of benzene rings is 1. The average molecular weight is 268 g/mol. The van der Waals surface area contributed by atoms with Crippen LogP contribution in [0.1, 0.15) is 27.2 Å². The van der Waals surface area contributed by atoms with Crippen molar-refractivity contribution in [3.63, 3.8) is 0 Å². The Morgan fingerprint density at radius 3 is 2.44 bits per heavy atom. The van der Waals surface area contributed by atoms with Gasteiger partial charge in [-0.2, -0.15) is 0 Å². The fraction of sp³-hybridized carbons (Fsp3) is 0.308. The number of halogens is 2. The second kappa shape index (κ2) is 5.12. The van der Waals surface area contributed by atoms with E-state index in [2.05, 4.69) is 10.3 Å². The molecule has 2 nitrogen and oxygen atoms in total. The molecule has 1 unspecified atom stereocenters. The smallest absolute Gasteiger partial charge is 0.159 e. The number of hydrogen-bond donors (Lipinski definition) is 1. The van der Waals surface area contributed by atoms with Gasteiger partial charge >= 0.3 is 0 Å². The maximum Gasteiger partial charge on any atom is 0.159 e. The largest absolute Gasteiger partial charge is 0.309 e. The average Bonchev–Trinajstić information content (AvgIpc) is 2.64. The SMILES string of the molecule is CNC(c1ccc(F)c(F)c1)c1sc(C)nc1C. The van der Waals surface area contributed by atoms with Gasteiger partial charge in [-0.1, -0.05) is 6.07 Å². The van der Waals surface area contributed by atoms with E-state index in [4.69, 9.17) is 0 Å². The first-order valence-corrected chi connectivity index (χ1v) is 6.40. The molecule has 1 atom stereocenters. The normalized spacial score (nSPS) is 12.7. The van der Waals surface area contributed by atoms with E-state index in [-0.39, 0.29) is 6.04 Å². The molecule has 2 rings (SSSR count). The summed E-state index contributed by atoms with van der Waals surface area (Å²) >= 11 is 1.56. The van der Waals surface area contributed by atoms with Crippen LogP contribution in [0.5, 0.6) is 0 Å². The molecule has 0 aliphatic heterocycles. The van der Waals surface area contributed by atoms with Crippen molar-refractivity contribution in [3.05, 3.63) is 51.0 Å². The Morgan fingerprint density at radius 2 is 1.94 bits per heavy atom. The topological polar surface area (TPSA) is 24.9 Å². The highest BCUT2D eigenvalue weighted by Gasteiger charge is 2.19. The van der Waals surface area contributed by atoms with Gasteiger partial charge in [0, 0.05) is 4.88 Å². The summed E-state index contributed by atoms with van der Waals surface area (Å²) in [6.07, 6.45) is 0. The monoisotopic (exact) mass is 268 g/mol. The van der Waals surface area contributed by atoms with E-state index in [1.165, 1.54) is 6.07 Å². The van der Waals surface area contributed by atoms with Gasteiger partial charge < -0.3 is 5.32 Å². The highest BCUT2D eigenvalue weighted by Crippen LogP contribution is 2.30. The zero-order valence-corrected chi connectivity index (χ0v) is 11.2. The predicted octanol–water partition coefficient (Wildman–Crippen LogP) is 3.35. The first-order chi connectivity index (χ1) is 8.52. The zero-order valence-electron chi connectivity index (χ0n) is 10.4. The van der Waals surface area contributed by atoms with Gasteiger partial charge in [0.2, 0.25) is 0 Å². The van der Waals surface area contributed by atoms with Gasteiger partial charge in [0.25, 0.3) is 0 Å². The minimum absolute atomic E-state index is 0.161. The molecule has 0 bridgehead atoms. The fourth-order valence-electron chi connectivity index (χ4n) is 1.96. The van der Waals surface area contributed by atoms with Gasteiger partial charge in [0.05, 0.1) is 16.7 Å². The molecule has 0 spiro atoms. The van der Waals surface area contributed by atoms with Gasteiger partial charge in [-0.15, -0.1) is 11.3 Å². The van der Waals surface area contributed by atoms with Crippen LogP contribution in [0.3, 0.4) is 0 Å². The van der Waals surface area contributed by atoms with Crippen molar-refractivity contribution < 1.29 is 8.78 Å². The summed E-state index contributed by atoms with van der Waals surface area (Å²) in [5, 5.41) is 4.08. The minimum Gasteiger partial charge on any atom is -0.309 e. The van der Waals surface area contributed by atoms with Crippen LogP contribution in [0.2, 0.25) is 0 Å². The van der Waals surface area contributed by atoms with Crippen LogP contribution in [0.4, 0.5) is 8.78 Å². The van der Waals surface area contributed by atoms with Crippen molar-refractivity contribution in [2.24, 2.45) is 0 Å². The lowest BCUT2D eigenvalue weighted by Crippen LogP contribution is -2.17. The molecule has 0 saturated heterocycles. The molecule has 1 aromatic carbocycles. The lowest BCUT2D eigenvalue weighted by atomic mass is 10.0. The number of hydrogen-bond acceptors (Lipinski definition) is 3. The minimum atomic E-state index is -0.828. The quantitative estimate of drug-likeness (QED) is 0.923. The van der Waals surface area contributed by atoms with Gasteiger partial charge in [0.15, 0.2) is 11.6 Å². The Bertz CT molecular complexity index is 566. The van der Waals surface area contributed by atoms with Crippen molar-refractivity contribution >= 4 is 11.3 Å². The maximum absolute atomic E-state index is 13.3. The Hall–Kier alpha value is -1.33. The third kappa shape index (κ3) is 2.42. The molecule has 2 aromatic rings. The Labute approximate surface area is 109 Å². The third-order valence-electron chi connectivity index (χ3n) is 2.77. The highest BCUT2D eigenvalue weighted by atomic mass is 32.1. The molecular weight excluding hydrogens is 254 g/mol. The summed E-state index contributed by atoms with van der Waals surface area (Å²) in [6, 6.07) is 3.81. The van der Waals surface area contributed by atoms with Gasteiger partial charge in [0.1, 0.15) is 0 Å². The first kappa shape index (κ1) is 13.1. The van der Waals surface area contributed by atoms with Gasteiger partial charge in [-0.25, -0.2) is 13.8 Å². The molecule has 0 fully saturated rings. The Morgan fingerprint density at radius 1 is 1.22 bits per heavy atom. The summed E-state index contributed by atoms with van der Waals surface area (Å²) in [4.78, 5) is 5.38. The van der Waals surface area contributed by atoms with Gasteiger partial charge in [-0.05, 0) is 38.6 Å². The molecule has 0 amide bonds. The molecular formula is C13H14F2N2S. The van der Waals surface area contributed by atoms with E-state index in [9.17, 15) is 8.78 Å². The van der Waals surface area contributed by atoms with Crippen molar-refractivity contribution in [3.8, 4) is 0 Å². The van der Waals surface area contributed by atoms with Crippen LogP contribution in [0, 0.1) is 25.5 Å². The van der Waals surface area contributed by atoms with Crippen LogP contribution in [0.15, 0.2) is 18.2 Å². The number of aromatic nitrogens is 1. The fourth-order valence-corrected chi connectivity index (χ4v) is 3.02. The summed E-state index contributed by atoms with van der Waals surface area (Å²) in [5.41, 5.74) is 1.62. The zero-order chi connectivity index (χ0) is 13.3. The molecule has 1 aromatic heterocycles. The summed E-state index contributed by atoms with van der Waals surface area (Å²) in [5.74, 6) is -1.66. The van der Waals surface area contributed by atoms with Crippen LogP contribution >= 0.6 is 11.3 Å². The molecule has 1 N–H and O–H groups in total. The maximum atomic E-state index is 13.3. The molecule has 5 heteroatoms. The third-order valence-corrected chi connectivity index (χ3v) is 3.90. The molecule has 18 heavy (non-hydrogen) atoms. The first-order valence-electron chi connectivity index (χ1n) is 5.59. The number of thiazole rings is 1. The summed E-state index contributed by atoms with van der Waals surface area (Å²) in [6.45, 7) is 3.85. The standard InChI is InChI=1S/C13H14F2N2S/c1-7-13(18-8(2)17-7)12(16-3)9-4-5-10(14)11(15)6-9/h4-6,12,16H,1-3H3.